The highest BCUT2D eigenvalue weighted by Crippen LogP contribution is 2.30. The first-order valence-corrected chi connectivity index (χ1v) is 12.5. The van der Waals surface area contributed by atoms with Crippen LogP contribution in [-0.4, -0.2) is 42.1 Å². The molecule has 0 fully saturated rings. The molecular weight excluding hydrogens is 440 g/mol. The quantitative estimate of drug-likeness (QED) is 0.462. The summed E-state index contributed by atoms with van der Waals surface area (Å²) in [5, 5.41) is 4.26. The molecule has 0 N–H and O–H groups in total. The Hall–Kier alpha value is -3.26. The van der Waals surface area contributed by atoms with E-state index in [4.69, 9.17) is 4.74 Å². The molecule has 0 aliphatic rings. The van der Waals surface area contributed by atoms with Gasteiger partial charge in [-0.3, -0.25) is 9.59 Å². The molecule has 1 unspecified atom stereocenters. The van der Waals surface area contributed by atoms with Crippen LogP contribution in [0.15, 0.2) is 47.5 Å². The lowest BCUT2D eigenvalue weighted by molar-refractivity contribution is 0.0796. The number of sulfone groups is 1. The zero-order valence-electron chi connectivity index (χ0n) is 19.7. The van der Waals surface area contributed by atoms with Crippen LogP contribution in [0, 0.1) is 20.8 Å². The van der Waals surface area contributed by atoms with E-state index in [0.717, 1.165) is 6.26 Å². The number of carbonyl (C=O) groups excluding carboxylic acids is 2. The summed E-state index contributed by atoms with van der Waals surface area (Å²) >= 11 is 0. The van der Waals surface area contributed by atoms with Crippen LogP contribution < -0.4 is 4.74 Å². The molecule has 0 saturated carbocycles. The number of aromatic nitrogens is 2. The minimum absolute atomic E-state index is 0.209. The molecule has 174 valence electrons. The topological polar surface area (TPSA) is 95.3 Å². The van der Waals surface area contributed by atoms with Crippen LogP contribution in [0.5, 0.6) is 5.88 Å². The van der Waals surface area contributed by atoms with Crippen molar-refractivity contribution in [1.82, 2.24) is 9.78 Å². The van der Waals surface area contributed by atoms with E-state index in [9.17, 15) is 18.0 Å². The molecule has 8 heteroatoms. The van der Waals surface area contributed by atoms with Crippen LogP contribution in [0.2, 0.25) is 0 Å². The van der Waals surface area contributed by atoms with Gasteiger partial charge in [0.1, 0.15) is 5.56 Å². The van der Waals surface area contributed by atoms with Crippen LogP contribution in [0.1, 0.15) is 56.8 Å². The van der Waals surface area contributed by atoms with Gasteiger partial charge in [-0.05, 0) is 57.4 Å². The van der Waals surface area contributed by atoms with Crippen molar-refractivity contribution in [1.29, 1.82) is 0 Å². The van der Waals surface area contributed by atoms with Gasteiger partial charge in [-0.2, -0.15) is 5.10 Å². The number of benzene rings is 2. The SMILES string of the molecule is CCn1ncc(C(=O)c2cc(C)c(S(C)(=O)=O)c(C)c2C)c1OC(C)C(=O)c1ccccc1. The largest absolute Gasteiger partial charge is 0.466 e. The molecule has 0 amide bonds. The standard InChI is InChI=1S/C25H28N2O5S/c1-7-27-25(32-18(5)22(28)19-11-9-8-10-12-19)21(14-26-27)23(29)20-13-15(2)24(33(6,30)31)17(4)16(20)3/h8-14,18H,7H2,1-6H3. The maximum absolute atomic E-state index is 13.5. The van der Waals surface area contributed by atoms with Crippen molar-refractivity contribution >= 4 is 21.4 Å². The summed E-state index contributed by atoms with van der Waals surface area (Å²) in [5.74, 6) is -0.341. The van der Waals surface area contributed by atoms with Gasteiger partial charge >= 0.3 is 0 Å². The van der Waals surface area contributed by atoms with Crippen molar-refractivity contribution in [2.24, 2.45) is 0 Å². The Bertz CT molecular complexity index is 1320. The molecule has 2 aromatic carbocycles. The average molecular weight is 469 g/mol. The Morgan fingerprint density at radius 1 is 1.06 bits per heavy atom. The van der Waals surface area contributed by atoms with E-state index in [1.807, 2.05) is 13.0 Å². The summed E-state index contributed by atoms with van der Waals surface area (Å²) in [7, 11) is -3.44. The van der Waals surface area contributed by atoms with Crippen molar-refractivity contribution in [3.63, 3.8) is 0 Å². The van der Waals surface area contributed by atoms with Crippen molar-refractivity contribution in [2.75, 3.05) is 6.26 Å². The third-order valence-electron chi connectivity index (χ3n) is 5.69. The predicted molar refractivity (Wildman–Crippen MR) is 126 cm³/mol. The highest BCUT2D eigenvalue weighted by molar-refractivity contribution is 7.90. The zero-order chi connectivity index (χ0) is 24.5. The number of Topliss-reactive ketones (excluding diaryl/α,β-unsaturated/α-hetero) is 1. The highest BCUT2D eigenvalue weighted by Gasteiger charge is 2.27. The lowest BCUT2D eigenvalue weighted by Crippen LogP contribution is -2.26. The van der Waals surface area contributed by atoms with Crippen molar-refractivity contribution in [3.05, 3.63) is 76.0 Å². The molecular formula is C25H28N2O5S. The second kappa shape index (κ2) is 9.31. The first kappa shape index (κ1) is 24.4. The zero-order valence-corrected chi connectivity index (χ0v) is 20.5. The van der Waals surface area contributed by atoms with Gasteiger partial charge in [0, 0.05) is 23.9 Å². The maximum Gasteiger partial charge on any atom is 0.224 e. The number of ether oxygens (including phenoxy) is 1. The summed E-state index contributed by atoms with van der Waals surface area (Å²) in [4.78, 5) is 26.6. The van der Waals surface area contributed by atoms with Crippen LogP contribution in [0.25, 0.3) is 0 Å². The number of aryl methyl sites for hydroxylation is 2. The fraction of sp³-hybridized carbons (Fsp3) is 0.320. The van der Waals surface area contributed by atoms with Crippen molar-refractivity contribution in [2.45, 2.75) is 52.2 Å². The van der Waals surface area contributed by atoms with E-state index in [-0.39, 0.29) is 27.9 Å². The van der Waals surface area contributed by atoms with E-state index in [1.54, 1.807) is 58.0 Å². The van der Waals surface area contributed by atoms with Gasteiger partial charge in [-0.15, -0.1) is 0 Å². The second-order valence-electron chi connectivity index (χ2n) is 8.09. The summed E-state index contributed by atoms with van der Waals surface area (Å²) < 4.78 is 32.0. The van der Waals surface area contributed by atoms with E-state index in [2.05, 4.69) is 5.10 Å². The molecule has 0 aliphatic carbocycles. The molecule has 1 aromatic heterocycles. The van der Waals surface area contributed by atoms with Crippen molar-refractivity contribution < 1.29 is 22.7 Å². The smallest absolute Gasteiger partial charge is 0.224 e. The van der Waals surface area contributed by atoms with E-state index in [1.165, 1.54) is 10.9 Å². The lowest BCUT2D eigenvalue weighted by Gasteiger charge is -2.17. The van der Waals surface area contributed by atoms with Gasteiger partial charge in [0.05, 0.1) is 11.1 Å². The Kier molecular flexibility index (Phi) is 6.88. The number of carbonyl (C=O) groups is 2. The fourth-order valence-electron chi connectivity index (χ4n) is 3.95. The first-order valence-electron chi connectivity index (χ1n) is 10.6. The first-order chi connectivity index (χ1) is 15.5. The summed E-state index contributed by atoms with van der Waals surface area (Å²) in [6.07, 6.45) is 1.75. The normalized spacial score (nSPS) is 12.4. The summed E-state index contributed by atoms with van der Waals surface area (Å²) in [6.45, 7) is 9.03. The van der Waals surface area contributed by atoms with Gasteiger partial charge in [-0.1, -0.05) is 30.3 Å². The Balaban J connectivity index is 2.03. The van der Waals surface area contributed by atoms with E-state index in [0.29, 0.717) is 34.4 Å². The third kappa shape index (κ3) is 4.75. The molecule has 0 radical (unpaired) electrons. The van der Waals surface area contributed by atoms with Crippen molar-refractivity contribution in [3.8, 4) is 5.88 Å². The number of nitrogens with zero attached hydrogens (tertiary/aromatic N) is 2. The molecule has 0 saturated heterocycles. The van der Waals surface area contributed by atoms with Crippen LogP contribution in [0.3, 0.4) is 0 Å². The number of hydrogen-bond donors (Lipinski definition) is 0. The van der Waals surface area contributed by atoms with Gasteiger partial charge in [0.2, 0.25) is 11.7 Å². The maximum atomic E-state index is 13.5. The number of ketones is 2. The molecule has 0 spiro atoms. The minimum Gasteiger partial charge on any atom is -0.466 e. The summed E-state index contributed by atoms with van der Waals surface area (Å²) in [6, 6.07) is 10.4. The van der Waals surface area contributed by atoms with Gasteiger partial charge in [0.25, 0.3) is 0 Å². The van der Waals surface area contributed by atoms with E-state index < -0.39 is 15.9 Å². The van der Waals surface area contributed by atoms with Crippen LogP contribution >= 0.6 is 0 Å². The van der Waals surface area contributed by atoms with Gasteiger partial charge in [-0.25, -0.2) is 13.1 Å². The number of hydrogen-bond acceptors (Lipinski definition) is 6. The third-order valence-corrected chi connectivity index (χ3v) is 7.06. The second-order valence-corrected chi connectivity index (χ2v) is 10.0. The molecule has 0 bridgehead atoms. The van der Waals surface area contributed by atoms with Crippen LogP contribution in [0.4, 0.5) is 0 Å². The Morgan fingerprint density at radius 2 is 1.70 bits per heavy atom. The fourth-order valence-corrected chi connectivity index (χ4v) is 5.30. The predicted octanol–water partition coefficient (Wildman–Crippen LogP) is 4.11. The molecule has 1 heterocycles. The van der Waals surface area contributed by atoms with Gasteiger partial charge in [0.15, 0.2) is 21.7 Å². The summed E-state index contributed by atoms with van der Waals surface area (Å²) in [5.41, 5.74) is 2.73. The number of rotatable bonds is 8. The molecule has 3 aromatic rings. The molecule has 0 aliphatic heterocycles. The minimum atomic E-state index is -3.44. The van der Waals surface area contributed by atoms with Crippen LogP contribution in [-0.2, 0) is 16.4 Å². The highest BCUT2D eigenvalue weighted by atomic mass is 32.2. The Morgan fingerprint density at radius 3 is 2.27 bits per heavy atom. The Labute approximate surface area is 194 Å². The molecule has 3 rings (SSSR count). The molecule has 33 heavy (non-hydrogen) atoms. The van der Waals surface area contributed by atoms with Gasteiger partial charge < -0.3 is 4.74 Å². The average Bonchev–Trinajstić information content (AvgIpc) is 3.17. The molecule has 1 atom stereocenters. The monoisotopic (exact) mass is 468 g/mol. The van der Waals surface area contributed by atoms with E-state index >= 15 is 0 Å². The molecule has 7 nitrogen and oxygen atoms in total. The lowest BCUT2D eigenvalue weighted by atomic mass is 9.95.